The predicted octanol–water partition coefficient (Wildman–Crippen LogP) is 1.87. The maximum absolute atomic E-state index is 5.56. The van der Waals surface area contributed by atoms with E-state index >= 15 is 0 Å². The molecule has 2 aliphatic rings. The molecule has 0 aromatic rings. The van der Waals surface area contributed by atoms with Gasteiger partial charge in [0, 0.05) is 58.9 Å². The largest absolute Gasteiger partial charge is 0.379 e. The van der Waals surface area contributed by atoms with Gasteiger partial charge in [-0.2, -0.15) is 0 Å². The van der Waals surface area contributed by atoms with Gasteiger partial charge in [-0.15, -0.1) is 24.0 Å². The van der Waals surface area contributed by atoms with Crippen molar-refractivity contribution in [1.29, 1.82) is 0 Å². The summed E-state index contributed by atoms with van der Waals surface area (Å²) in [5, 5.41) is 7.13. The average molecular weight is 526 g/mol. The fourth-order valence-corrected chi connectivity index (χ4v) is 4.32. The highest BCUT2D eigenvalue weighted by Crippen LogP contribution is 2.19. The molecule has 0 aliphatic carbocycles. The number of nitrogens with zero attached hydrogens (tertiary/aromatic N) is 3. The molecule has 0 bridgehead atoms. The summed E-state index contributed by atoms with van der Waals surface area (Å²) in [6, 6.07) is 0.531. The van der Waals surface area contributed by atoms with Crippen molar-refractivity contribution in [3.63, 3.8) is 0 Å². The van der Waals surface area contributed by atoms with Crippen LogP contribution in [0.4, 0.5) is 0 Å². The van der Waals surface area contributed by atoms with Crippen molar-refractivity contribution in [2.24, 2.45) is 16.8 Å². The van der Waals surface area contributed by atoms with Gasteiger partial charge in [0.15, 0.2) is 5.96 Å². The van der Waals surface area contributed by atoms with Gasteiger partial charge in [-0.3, -0.25) is 14.8 Å². The van der Waals surface area contributed by atoms with Gasteiger partial charge in [0.05, 0.1) is 26.4 Å². The Labute approximate surface area is 195 Å². The zero-order valence-electron chi connectivity index (χ0n) is 19.0. The van der Waals surface area contributed by atoms with Crippen LogP contribution >= 0.6 is 24.0 Å². The molecule has 2 atom stereocenters. The Balaban J connectivity index is 0.00000420. The average Bonchev–Trinajstić information content (AvgIpc) is 2.74. The van der Waals surface area contributed by atoms with Crippen LogP contribution in [0.3, 0.4) is 0 Å². The molecule has 0 saturated carbocycles. The Morgan fingerprint density at radius 2 is 1.48 bits per heavy atom. The van der Waals surface area contributed by atoms with E-state index in [1.165, 1.54) is 12.8 Å². The highest BCUT2D eigenvalue weighted by atomic mass is 127. The lowest BCUT2D eigenvalue weighted by molar-refractivity contribution is 0.00271. The first-order valence-electron chi connectivity index (χ1n) is 11.2. The van der Waals surface area contributed by atoms with E-state index in [0.717, 1.165) is 78.2 Å². The first kappa shape index (κ1) is 26.9. The van der Waals surface area contributed by atoms with Crippen LogP contribution in [0.1, 0.15) is 33.6 Å². The maximum Gasteiger partial charge on any atom is 0.191 e. The van der Waals surface area contributed by atoms with E-state index < -0.39 is 0 Å². The van der Waals surface area contributed by atoms with Gasteiger partial charge < -0.3 is 20.1 Å². The Bertz CT molecular complexity index is 439. The second kappa shape index (κ2) is 15.6. The Morgan fingerprint density at radius 3 is 2.03 bits per heavy atom. The van der Waals surface area contributed by atoms with Crippen LogP contribution in [0.5, 0.6) is 0 Å². The Morgan fingerprint density at radius 1 is 0.931 bits per heavy atom. The number of morpholine rings is 2. The van der Waals surface area contributed by atoms with Crippen molar-refractivity contribution in [3.8, 4) is 0 Å². The molecule has 0 aromatic carbocycles. The quantitative estimate of drug-likeness (QED) is 0.258. The summed E-state index contributed by atoms with van der Waals surface area (Å²) in [6.45, 7) is 17.5. The zero-order valence-corrected chi connectivity index (χ0v) is 21.3. The van der Waals surface area contributed by atoms with Crippen molar-refractivity contribution in [2.75, 3.05) is 79.3 Å². The van der Waals surface area contributed by atoms with Crippen molar-refractivity contribution in [1.82, 2.24) is 20.4 Å². The third kappa shape index (κ3) is 9.67. The van der Waals surface area contributed by atoms with Crippen molar-refractivity contribution < 1.29 is 9.47 Å². The lowest BCUT2D eigenvalue weighted by atomic mass is 9.92. The van der Waals surface area contributed by atoms with E-state index in [-0.39, 0.29) is 24.0 Å². The second-order valence-corrected chi connectivity index (χ2v) is 8.14. The molecule has 0 amide bonds. The molecule has 2 rings (SSSR count). The van der Waals surface area contributed by atoms with Crippen LogP contribution in [0.2, 0.25) is 0 Å². The molecule has 2 saturated heterocycles. The molecule has 0 radical (unpaired) electrons. The first-order chi connectivity index (χ1) is 13.7. The van der Waals surface area contributed by atoms with Crippen molar-refractivity contribution >= 4 is 29.9 Å². The summed E-state index contributed by atoms with van der Waals surface area (Å²) in [5.74, 6) is 2.19. The fourth-order valence-electron chi connectivity index (χ4n) is 4.32. The van der Waals surface area contributed by atoms with Gasteiger partial charge in [-0.05, 0) is 11.8 Å². The van der Waals surface area contributed by atoms with E-state index in [1.807, 2.05) is 7.05 Å². The normalized spacial score (nSPS) is 21.5. The molecular weight excluding hydrogens is 481 g/mol. The minimum absolute atomic E-state index is 0. The Kier molecular flexibility index (Phi) is 14.5. The monoisotopic (exact) mass is 525 g/mol. The summed E-state index contributed by atoms with van der Waals surface area (Å²) in [6.07, 6.45) is 2.42. The van der Waals surface area contributed by atoms with E-state index in [4.69, 9.17) is 9.47 Å². The highest BCUT2D eigenvalue weighted by Gasteiger charge is 2.27. The molecule has 0 aromatic heterocycles. The minimum atomic E-state index is 0. The minimum Gasteiger partial charge on any atom is -0.379 e. The third-order valence-electron chi connectivity index (χ3n) is 6.10. The van der Waals surface area contributed by atoms with Gasteiger partial charge in [0.2, 0.25) is 0 Å². The lowest BCUT2D eigenvalue weighted by Crippen LogP contribution is -2.53. The summed E-state index contributed by atoms with van der Waals surface area (Å²) in [5.41, 5.74) is 0. The van der Waals surface area contributed by atoms with E-state index in [0.29, 0.717) is 17.9 Å². The molecule has 2 aliphatic heterocycles. The maximum atomic E-state index is 5.56. The van der Waals surface area contributed by atoms with E-state index in [9.17, 15) is 0 Å². The van der Waals surface area contributed by atoms with Crippen LogP contribution in [-0.2, 0) is 9.47 Å². The summed E-state index contributed by atoms with van der Waals surface area (Å²) in [4.78, 5) is 9.55. The zero-order chi connectivity index (χ0) is 20.2. The first-order valence-corrected chi connectivity index (χ1v) is 11.2. The van der Waals surface area contributed by atoms with Crippen LogP contribution in [-0.4, -0.2) is 101 Å². The highest BCUT2D eigenvalue weighted by molar-refractivity contribution is 14.0. The van der Waals surface area contributed by atoms with Gasteiger partial charge in [0.25, 0.3) is 0 Å². The molecule has 2 fully saturated rings. The number of guanidine groups is 1. The smallest absolute Gasteiger partial charge is 0.191 e. The number of ether oxygens (including phenoxy) is 2. The Hall–Kier alpha value is -0.160. The number of halogens is 1. The van der Waals surface area contributed by atoms with Crippen LogP contribution in [0.15, 0.2) is 4.99 Å². The van der Waals surface area contributed by atoms with Crippen molar-refractivity contribution in [2.45, 2.75) is 39.7 Å². The van der Waals surface area contributed by atoms with Crippen LogP contribution in [0, 0.1) is 11.8 Å². The van der Waals surface area contributed by atoms with Gasteiger partial charge in [0.1, 0.15) is 0 Å². The molecule has 8 heteroatoms. The van der Waals surface area contributed by atoms with Crippen LogP contribution < -0.4 is 10.6 Å². The van der Waals surface area contributed by atoms with E-state index in [1.54, 1.807) is 0 Å². The SMILES string of the molecule is CCC(CC)C(CNC(=NC)NCC(C)CN1CCOCC1)N1CCOCC1.I. The molecule has 7 nitrogen and oxygen atoms in total. The molecule has 29 heavy (non-hydrogen) atoms. The van der Waals surface area contributed by atoms with E-state index in [2.05, 4.69) is 46.2 Å². The fraction of sp³-hybridized carbons (Fsp3) is 0.952. The number of aliphatic imine (C=N–C) groups is 1. The van der Waals surface area contributed by atoms with Gasteiger partial charge in [-0.1, -0.05) is 33.6 Å². The molecule has 0 spiro atoms. The number of nitrogens with one attached hydrogen (secondary N) is 2. The molecule has 2 heterocycles. The summed E-state index contributed by atoms with van der Waals surface area (Å²) >= 11 is 0. The molecule has 2 unspecified atom stereocenters. The number of hydrogen-bond acceptors (Lipinski definition) is 5. The molecular formula is C21H44IN5O2. The third-order valence-corrected chi connectivity index (χ3v) is 6.10. The number of rotatable bonds is 10. The van der Waals surface area contributed by atoms with Crippen molar-refractivity contribution in [3.05, 3.63) is 0 Å². The molecule has 2 N–H and O–H groups in total. The van der Waals surface area contributed by atoms with Gasteiger partial charge >= 0.3 is 0 Å². The number of hydrogen-bond donors (Lipinski definition) is 2. The topological polar surface area (TPSA) is 61.4 Å². The second-order valence-electron chi connectivity index (χ2n) is 8.14. The van der Waals surface area contributed by atoms with Crippen LogP contribution in [0.25, 0.3) is 0 Å². The standard InChI is InChI=1S/C21H43N5O2.HI/c1-5-19(6-2)20(26-9-13-28-14-10-26)16-24-21(22-4)23-15-18(3)17-25-7-11-27-12-8-25;/h18-20H,5-17H2,1-4H3,(H2,22,23,24);1H. The summed E-state index contributed by atoms with van der Waals surface area (Å²) < 4.78 is 11.0. The van der Waals surface area contributed by atoms with Gasteiger partial charge in [-0.25, -0.2) is 0 Å². The molecule has 172 valence electrons. The predicted molar refractivity (Wildman–Crippen MR) is 131 cm³/mol. The summed E-state index contributed by atoms with van der Waals surface area (Å²) in [7, 11) is 1.86. The lowest BCUT2D eigenvalue weighted by Gasteiger charge is -2.39.